The largest absolute Gasteiger partial charge is 0.495 e. The minimum atomic E-state index is -3.72. The van der Waals surface area contributed by atoms with Gasteiger partial charge in [0.25, 0.3) is 5.91 Å². The van der Waals surface area contributed by atoms with Crippen LogP contribution in [0, 0.1) is 23.2 Å². The first kappa shape index (κ1) is 19.7. The first-order valence-corrected chi connectivity index (χ1v) is 11.7. The zero-order chi connectivity index (χ0) is 20.1. The highest BCUT2D eigenvalue weighted by Crippen LogP contribution is 2.61. The predicted octanol–water partition coefficient (Wildman–Crippen LogP) is 2.94. The summed E-state index contributed by atoms with van der Waals surface area (Å²) in [5, 5.41) is 3.19. The lowest BCUT2D eigenvalue weighted by atomic mass is 9.48. The molecule has 0 saturated heterocycles. The Morgan fingerprint density at radius 3 is 2.21 bits per heavy atom. The standard InChI is InChI=1S/C21H30N2O4S/c1-13(21-10-14-6-15(11-21)8-16(7-14)12-21)23-20(24)17-4-5-18(27-3)19(9-17)28(25,26)22-2/h4-5,9,13-16,22H,6-8,10-12H2,1-3H3,(H,23,24). The Bertz CT molecular complexity index is 845. The fourth-order valence-electron chi connectivity index (χ4n) is 6.28. The zero-order valence-corrected chi connectivity index (χ0v) is 17.6. The van der Waals surface area contributed by atoms with Crippen molar-refractivity contribution in [2.24, 2.45) is 23.2 Å². The molecule has 4 bridgehead atoms. The van der Waals surface area contributed by atoms with Crippen molar-refractivity contribution < 1.29 is 17.9 Å². The van der Waals surface area contributed by atoms with Crippen molar-refractivity contribution in [1.29, 1.82) is 0 Å². The molecule has 28 heavy (non-hydrogen) atoms. The van der Waals surface area contributed by atoms with Crippen molar-refractivity contribution >= 4 is 15.9 Å². The van der Waals surface area contributed by atoms with Gasteiger partial charge in [0, 0.05) is 11.6 Å². The molecule has 0 aliphatic heterocycles. The lowest BCUT2D eigenvalue weighted by Gasteiger charge is -2.59. The predicted molar refractivity (Wildman–Crippen MR) is 107 cm³/mol. The Morgan fingerprint density at radius 2 is 1.71 bits per heavy atom. The summed E-state index contributed by atoms with van der Waals surface area (Å²) in [4.78, 5) is 12.9. The van der Waals surface area contributed by atoms with E-state index in [1.165, 1.54) is 64.8 Å². The first-order valence-electron chi connectivity index (χ1n) is 10.2. The molecule has 4 fully saturated rings. The van der Waals surface area contributed by atoms with Gasteiger partial charge in [-0.05, 0) is 93.9 Å². The average Bonchev–Trinajstić information content (AvgIpc) is 2.66. The molecule has 2 N–H and O–H groups in total. The van der Waals surface area contributed by atoms with Gasteiger partial charge in [-0.3, -0.25) is 4.79 Å². The number of methoxy groups -OCH3 is 1. The molecule has 154 valence electrons. The van der Waals surface area contributed by atoms with E-state index in [1.807, 2.05) is 0 Å². The molecular weight excluding hydrogens is 376 g/mol. The van der Waals surface area contributed by atoms with E-state index in [0.717, 1.165) is 17.8 Å². The summed E-state index contributed by atoms with van der Waals surface area (Å²) in [5.74, 6) is 2.45. The Morgan fingerprint density at radius 1 is 1.14 bits per heavy atom. The summed E-state index contributed by atoms with van der Waals surface area (Å²) < 4.78 is 32.0. The van der Waals surface area contributed by atoms with Crippen molar-refractivity contribution in [2.45, 2.75) is 56.4 Å². The number of hydrogen-bond donors (Lipinski definition) is 2. The van der Waals surface area contributed by atoms with Crippen LogP contribution in [-0.4, -0.2) is 34.5 Å². The number of nitrogens with one attached hydrogen (secondary N) is 2. The maximum Gasteiger partial charge on any atom is 0.251 e. The molecule has 1 aromatic rings. The summed E-state index contributed by atoms with van der Waals surface area (Å²) in [6.07, 6.45) is 7.73. The Kier molecular flexibility index (Phi) is 4.94. The van der Waals surface area contributed by atoms with Crippen LogP contribution in [0.25, 0.3) is 0 Å². The van der Waals surface area contributed by atoms with Gasteiger partial charge in [0.05, 0.1) is 7.11 Å². The van der Waals surface area contributed by atoms with E-state index in [4.69, 9.17) is 4.74 Å². The van der Waals surface area contributed by atoms with E-state index in [-0.39, 0.29) is 28.0 Å². The topological polar surface area (TPSA) is 84.5 Å². The van der Waals surface area contributed by atoms with E-state index in [9.17, 15) is 13.2 Å². The highest BCUT2D eigenvalue weighted by Gasteiger charge is 2.53. The van der Waals surface area contributed by atoms with E-state index < -0.39 is 10.0 Å². The molecule has 7 heteroatoms. The van der Waals surface area contributed by atoms with Crippen LogP contribution in [0.1, 0.15) is 55.8 Å². The molecule has 4 saturated carbocycles. The van der Waals surface area contributed by atoms with Gasteiger partial charge >= 0.3 is 0 Å². The second-order valence-corrected chi connectivity index (χ2v) is 10.9. The van der Waals surface area contributed by atoms with Crippen LogP contribution in [0.2, 0.25) is 0 Å². The lowest BCUT2D eigenvalue weighted by Crippen LogP contribution is -2.55. The lowest BCUT2D eigenvalue weighted by molar-refractivity contribution is -0.0688. The van der Waals surface area contributed by atoms with Crippen LogP contribution in [0.4, 0.5) is 0 Å². The monoisotopic (exact) mass is 406 g/mol. The highest BCUT2D eigenvalue weighted by molar-refractivity contribution is 7.89. The first-order chi connectivity index (χ1) is 13.3. The summed E-state index contributed by atoms with van der Waals surface area (Å²) >= 11 is 0. The number of sulfonamides is 1. The van der Waals surface area contributed by atoms with Gasteiger partial charge < -0.3 is 10.1 Å². The molecule has 1 unspecified atom stereocenters. The Labute approximate surface area is 167 Å². The molecule has 4 aliphatic carbocycles. The number of amides is 1. The molecule has 0 aromatic heterocycles. The van der Waals surface area contributed by atoms with E-state index in [1.54, 1.807) is 6.07 Å². The van der Waals surface area contributed by atoms with Gasteiger partial charge in [-0.25, -0.2) is 13.1 Å². The van der Waals surface area contributed by atoms with Gasteiger partial charge in [-0.1, -0.05) is 0 Å². The molecule has 1 atom stereocenters. The number of carbonyl (C=O) groups is 1. The quantitative estimate of drug-likeness (QED) is 0.761. The third-order valence-corrected chi connectivity index (χ3v) is 8.77. The minimum absolute atomic E-state index is 0.0207. The summed E-state index contributed by atoms with van der Waals surface area (Å²) in [5.41, 5.74) is 0.544. The van der Waals surface area contributed by atoms with Gasteiger partial charge in [0.15, 0.2) is 0 Å². The number of hydrogen-bond acceptors (Lipinski definition) is 4. The molecule has 1 amide bonds. The maximum absolute atomic E-state index is 12.9. The van der Waals surface area contributed by atoms with Crippen LogP contribution in [0.5, 0.6) is 5.75 Å². The van der Waals surface area contributed by atoms with Crippen molar-refractivity contribution in [3.05, 3.63) is 23.8 Å². The molecule has 0 heterocycles. The van der Waals surface area contributed by atoms with Gasteiger partial charge in [0.1, 0.15) is 10.6 Å². The van der Waals surface area contributed by atoms with Crippen molar-refractivity contribution in [1.82, 2.24) is 10.0 Å². The fourth-order valence-corrected chi connectivity index (χ4v) is 7.20. The number of carbonyl (C=O) groups excluding carboxylic acids is 1. The second kappa shape index (κ2) is 7.02. The van der Waals surface area contributed by atoms with Crippen molar-refractivity contribution in [2.75, 3.05) is 14.2 Å². The fraction of sp³-hybridized carbons (Fsp3) is 0.667. The van der Waals surface area contributed by atoms with Crippen LogP contribution in [0.3, 0.4) is 0 Å². The normalized spacial score (nSPS) is 32.2. The van der Waals surface area contributed by atoms with E-state index in [0.29, 0.717) is 5.56 Å². The summed E-state index contributed by atoms with van der Waals surface area (Å²) in [6, 6.07) is 4.63. The third kappa shape index (κ3) is 3.32. The molecule has 0 spiro atoms. The summed E-state index contributed by atoms with van der Waals surface area (Å²) in [6.45, 7) is 2.12. The minimum Gasteiger partial charge on any atom is -0.495 e. The number of rotatable bonds is 6. The van der Waals surface area contributed by atoms with Gasteiger partial charge in [-0.2, -0.15) is 0 Å². The molecule has 4 aliphatic rings. The highest BCUT2D eigenvalue weighted by atomic mass is 32.2. The molecular formula is C21H30N2O4S. The van der Waals surface area contributed by atoms with Crippen LogP contribution >= 0.6 is 0 Å². The maximum atomic E-state index is 12.9. The Balaban J connectivity index is 1.55. The smallest absolute Gasteiger partial charge is 0.251 e. The number of ether oxygens (including phenoxy) is 1. The number of benzene rings is 1. The molecule has 5 rings (SSSR count). The van der Waals surface area contributed by atoms with Crippen LogP contribution in [-0.2, 0) is 10.0 Å². The van der Waals surface area contributed by atoms with E-state index >= 15 is 0 Å². The molecule has 1 aromatic carbocycles. The van der Waals surface area contributed by atoms with Crippen molar-refractivity contribution in [3.63, 3.8) is 0 Å². The summed E-state index contributed by atoms with van der Waals surface area (Å²) in [7, 11) is -0.958. The third-order valence-electron chi connectivity index (χ3n) is 7.34. The SMILES string of the molecule is CNS(=O)(=O)c1cc(C(=O)NC(C)C23CC4CC(CC(C4)C2)C3)ccc1OC. The van der Waals surface area contributed by atoms with Crippen LogP contribution in [0.15, 0.2) is 23.1 Å². The second-order valence-electron chi connectivity index (χ2n) is 9.05. The molecule has 0 radical (unpaired) electrons. The Hall–Kier alpha value is -1.60. The van der Waals surface area contributed by atoms with Gasteiger partial charge in [0.2, 0.25) is 10.0 Å². The zero-order valence-electron chi connectivity index (χ0n) is 16.8. The van der Waals surface area contributed by atoms with Crippen LogP contribution < -0.4 is 14.8 Å². The van der Waals surface area contributed by atoms with Crippen molar-refractivity contribution in [3.8, 4) is 5.75 Å². The van der Waals surface area contributed by atoms with Gasteiger partial charge in [-0.15, -0.1) is 0 Å². The average molecular weight is 407 g/mol. The van der Waals surface area contributed by atoms with E-state index in [2.05, 4.69) is 17.0 Å². The molecule has 6 nitrogen and oxygen atoms in total.